The molecular weight excluding hydrogens is 370 g/mol. The van der Waals surface area contributed by atoms with Crippen molar-refractivity contribution in [2.45, 2.75) is 44.8 Å². The number of rotatable bonds is 4. The fourth-order valence-corrected chi connectivity index (χ4v) is 3.39. The second-order valence-corrected chi connectivity index (χ2v) is 8.21. The third-order valence-electron chi connectivity index (χ3n) is 4.77. The van der Waals surface area contributed by atoms with Gasteiger partial charge in [0.25, 0.3) is 0 Å². The van der Waals surface area contributed by atoms with Crippen molar-refractivity contribution in [3.05, 3.63) is 65.7 Å². The van der Waals surface area contributed by atoms with Gasteiger partial charge in [-0.05, 0) is 50.6 Å². The van der Waals surface area contributed by atoms with E-state index >= 15 is 0 Å². The summed E-state index contributed by atoms with van der Waals surface area (Å²) in [4.78, 5) is 24.6. The van der Waals surface area contributed by atoms with Gasteiger partial charge >= 0.3 is 12.1 Å². The Bertz CT molecular complexity index is 834. The van der Waals surface area contributed by atoms with Gasteiger partial charge in [0, 0.05) is 12.8 Å². The molecule has 0 unspecified atom stereocenters. The number of quaternary nitrogens is 1. The number of hydrogen-bond donors (Lipinski definition) is 1. The normalized spacial score (nSPS) is 16.0. The number of carbonyl (C=O) groups is 2. The number of carbonyl (C=O) groups excluding carboxylic acids is 2. The maximum absolute atomic E-state index is 12.8. The molecule has 0 radical (unpaired) electrons. The number of ether oxygens (including phenoxy) is 3. The first kappa shape index (κ1) is 20.9. The van der Waals surface area contributed by atoms with E-state index in [9.17, 15) is 9.59 Å². The molecule has 0 atom stereocenters. The van der Waals surface area contributed by atoms with E-state index in [1.165, 1.54) is 0 Å². The predicted octanol–water partition coefficient (Wildman–Crippen LogP) is 3.41. The van der Waals surface area contributed by atoms with Crippen LogP contribution in [0.25, 0.3) is 0 Å². The van der Waals surface area contributed by atoms with Crippen molar-refractivity contribution < 1.29 is 29.1 Å². The fourth-order valence-electron chi connectivity index (χ4n) is 3.39. The van der Waals surface area contributed by atoms with Gasteiger partial charge in [-0.15, -0.1) is 0 Å². The smallest absolute Gasteiger partial charge is 0.450 e. The molecule has 1 saturated heterocycles. The third-order valence-corrected chi connectivity index (χ3v) is 4.77. The Hall–Kier alpha value is -2.86. The van der Waals surface area contributed by atoms with Crippen LogP contribution in [0.15, 0.2) is 54.6 Å². The van der Waals surface area contributed by atoms with Gasteiger partial charge in [0.1, 0.15) is 17.0 Å². The largest absolute Gasteiger partial charge is 0.514 e. The molecule has 3 rings (SSSR count). The summed E-state index contributed by atoms with van der Waals surface area (Å²) < 4.78 is 16.3. The van der Waals surface area contributed by atoms with Gasteiger partial charge in [-0.3, -0.25) is 0 Å². The van der Waals surface area contributed by atoms with Crippen molar-refractivity contribution in [3.8, 4) is 5.75 Å². The summed E-state index contributed by atoms with van der Waals surface area (Å²) in [5, 5.41) is 2.23. The van der Waals surface area contributed by atoms with Crippen molar-refractivity contribution in [3.63, 3.8) is 0 Å². The molecule has 0 bridgehead atoms. The molecule has 2 aromatic rings. The van der Waals surface area contributed by atoms with Crippen LogP contribution in [0.5, 0.6) is 5.75 Å². The van der Waals surface area contributed by atoms with E-state index in [0.717, 1.165) is 31.5 Å². The first-order valence-corrected chi connectivity index (χ1v) is 9.89. The standard InChI is InChI=1S/C23H27NO5/c1-22(2,3)29-21(26)27-19-11-9-17(10-12-19)20(25)28-23(13-15-24-16-14-23)18-7-5-4-6-8-18/h4-12,24H,13-16H2,1-3H3/p+1. The van der Waals surface area contributed by atoms with Crippen LogP contribution < -0.4 is 10.1 Å². The van der Waals surface area contributed by atoms with Gasteiger partial charge in [0.15, 0.2) is 0 Å². The minimum absolute atomic E-state index is 0.306. The minimum Gasteiger partial charge on any atom is -0.450 e. The Kier molecular flexibility index (Phi) is 6.23. The summed E-state index contributed by atoms with van der Waals surface area (Å²) >= 11 is 0. The summed E-state index contributed by atoms with van der Waals surface area (Å²) in [6, 6.07) is 16.2. The molecule has 0 aromatic heterocycles. The lowest BCUT2D eigenvalue weighted by atomic mass is 9.84. The molecule has 6 nitrogen and oxygen atoms in total. The van der Waals surface area contributed by atoms with Gasteiger partial charge in [0.2, 0.25) is 0 Å². The number of piperidine rings is 1. The van der Waals surface area contributed by atoms with Crippen LogP contribution in [0.4, 0.5) is 4.79 Å². The molecule has 1 fully saturated rings. The molecule has 0 spiro atoms. The van der Waals surface area contributed by atoms with E-state index in [1.54, 1.807) is 45.0 Å². The highest BCUT2D eigenvalue weighted by atomic mass is 16.7. The molecule has 1 aliphatic heterocycles. The fraction of sp³-hybridized carbons (Fsp3) is 0.391. The molecule has 0 saturated carbocycles. The molecule has 0 amide bonds. The van der Waals surface area contributed by atoms with Crippen molar-refractivity contribution in [2.75, 3.05) is 13.1 Å². The number of esters is 1. The van der Waals surface area contributed by atoms with Crippen molar-refractivity contribution in [1.82, 2.24) is 0 Å². The molecule has 0 aliphatic carbocycles. The predicted molar refractivity (Wildman–Crippen MR) is 108 cm³/mol. The van der Waals surface area contributed by atoms with Gasteiger partial charge < -0.3 is 19.5 Å². The Morgan fingerprint density at radius 3 is 2.14 bits per heavy atom. The van der Waals surface area contributed by atoms with Gasteiger partial charge in [-0.25, -0.2) is 9.59 Å². The highest BCUT2D eigenvalue weighted by molar-refractivity contribution is 5.90. The molecule has 29 heavy (non-hydrogen) atoms. The zero-order chi connectivity index (χ0) is 20.9. The zero-order valence-corrected chi connectivity index (χ0v) is 17.1. The monoisotopic (exact) mass is 398 g/mol. The van der Waals surface area contributed by atoms with Crippen LogP contribution in [0, 0.1) is 0 Å². The second kappa shape index (κ2) is 8.66. The van der Waals surface area contributed by atoms with Crippen molar-refractivity contribution in [1.29, 1.82) is 0 Å². The molecule has 6 heteroatoms. The Balaban J connectivity index is 1.70. The summed E-state index contributed by atoms with van der Waals surface area (Å²) in [7, 11) is 0. The summed E-state index contributed by atoms with van der Waals surface area (Å²) in [5.74, 6) is -0.0830. The Morgan fingerprint density at radius 2 is 1.55 bits per heavy atom. The number of nitrogens with two attached hydrogens (primary N) is 1. The van der Waals surface area contributed by atoms with Crippen LogP contribution in [-0.4, -0.2) is 30.8 Å². The average Bonchev–Trinajstić information content (AvgIpc) is 2.68. The topological polar surface area (TPSA) is 78.4 Å². The van der Waals surface area contributed by atoms with Crippen LogP contribution in [0.2, 0.25) is 0 Å². The van der Waals surface area contributed by atoms with E-state index in [2.05, 4.69) is 5.32 Å². The van der Waals surface area contributed by atoms with Gasteiger partial charge in [-0.2, -0.15) is 0 Å². The average molecular weight is 398 g/mol. The van der Waals surface area contributed by atoms with Crippen LogP contribution in [-0.2, 0) is 15.1 Å². The quantitative estimate of drug-likeness (QED) is 0.631. The molecule has 2 N–H and O–H groups in total. The Morgan fingerprint density at radius 1 is 0.931 bits per heavy atom. The van der Waals surface area contributed by atoms with Crippen molar-refractivity contribution in [2.24, 2.45) is 0 Å². The lowest BCUT2D eigenvalue weighted by Gasteiger charge is -2.36. The lowest BCUT2D eigenvalue weighted by Crippen LogP contribution is -2.87. The molecule has 2 aromatic carbocycles. The highest BCUT2D eigenvalue weighted by Gasteiger charge is 2.39. The molecular formula is C23H28NO5+. The highest BCUT2D eigenvalue weighted by Crippen LogP contribution is 2.34. The lowest BCUT2D eigenvalue weighted by molar-refractivity contribution is -0.668. The van der Waals surface area contributed by atoms with Gasteiger partial charge in [-0.1, -0.05) is 30.3 Å². The number of benzene rings is 2. The first-order chi connectivity index (χ1) is 13.8. The maximum Gasteiger partial charge on any atom is 0.514 e. The van der Waals surface area contributed by atoms with Crippen LogP contribution in [0.3, 0.4) is 0 Å². The van der Waals surface area contributed by atoms with E-state index in [-0.39, 0.29) is 5.97 Å². The number of hydrogen-bond acceptors (Lipinski definition) is 5. The van der Waals surface area contributed by atoms with Crippen LogP contribution in [0.1, 0.15) is 49.5 Å². The van der Waals surface area contributed by atoms with E-state index in [1.807, 2.05) is 30.3 Å². The minimum atomic E-state index is -0.783. The molecule has 1 heterocycles. The zero-order valence-electron chi connectivity index (χ0n) is 17.1. The second-order valence-electron chi connectivity index (χ2n) is 8.21. The summed E-state index contributed by atoms with van der Waals surface area (Å²) in [6.45, 7) is 7.10. The third kappa shape index (κ3) is 5.57. The Labute approximate surface area is 171 Å². The van der Waals surface area contributed by atoms with Crippen molar-refractivity contribution >= 4 is 12.1 Å². The molecule has 154 valence electrons. The van der Waals surface area contributed by atoms with E-state index in [0.29, 0.717) is 11.3 Å². The summed E-state index contributed by atoms with van der Waals surface area (Å²) in [5.41, 5.74) is 0.181. The molecule has 1 aliphatic rings. The summed E-state index contributed by atoms with van der Waals surface area (Å²) in [6.07, 6.45) is 0.750. The van der Waals surface area contributed by atoms with E-state index < -0.39 is 17.4 Å². The SMILES string of the molecule is CC(C)(C)OC(=O)Oc1ccc(C(=O)OC2(c3ccccc3)CC[NH2+]CC2)cc1. The van der Waals surface area contributed by atoms with E-state index in [4.69, 9.17) is 14.2 Å². The van der Waals surface area contributed by atoms with Gasteiger partial charge in [0.05, 0.1) is 18.7 Å². The first-order valence-electron chi connectivity index (χ1n) is 9.89. The maximum atomic E-state index is 12.8. The van der Waals surface area contributed by atoms with Crippen LogP contribution >= 0.6 is 0 Å².